The molecule has 0 saturated heterocycles. The molecule has 1 heterocycles. The van der Waals surface area contributed by atoms with Crippen LogP contribution in [0.4, 0.5) is 0 Å². The van der Waals surface area contributed by atoms with Gasteiger partial charge >= 0.3 is 0 Å². The van der Waals surface area contributed by atoms with E-state index < -0.39 is 0 Å². The molecule has 0 aliphatic heterocycles. The topological polar surface area (TPSA) is 38.1 Å². The van der Waals surface area contributed by atoms with Crippen LogP contribution in [0.3, 0.4) is 0 Å². The predicted molar refractivity (Wildman–Crippen MR) is 57.0 cm³/mol. The molecule has 0 aromatic carbocycles. The fraction of sp³-hybridized carbons (Fsp3) is 0.636. The van der Waals surface area contributed by atoms with Gasteiger partial charge in [-0.25, -0.2) is 0 Å². The molecule has 0 N–H and O–H groups in total. The second-order valence-corrected chi connectivity index (χ2v) is 4.54. The minimum atomic E-state index is 0.270. The lowest BCUT2D eigenvalue weighted by molar-refractivity contribution is -0.132. The predicted octanol–water partition coefficient (Wildman–Crippen LogP) is 1.03. The Morgan fingerprint density at radius 3 is 2.87 bits per heavy atom. The summed E-state index contributed by atoms with van der Waals surface area (Å²) < 4.78 is 1.76. The van der Waals surface area contributed by atoms with E-state index in [0.717, 1.165) is 12.0 Å². The summed E-state index contributed by atoms with van der Waals surface area (Å²) >= 11 is 0. The Labute approximate surface area is 89.9 Å². The second kappa shape index (κ2) is 3.68. The largest absolute Gasteiger partial charge is 0.341 e. The third-order valence-corrected chi connectivity index (χ3v) is 2.98. The highest BCUT2D eigenvalue weighted by Gasteiger charge is 2.40. The second-order valence-electron chi connectivity index (χ2n) is 4.54. The Bertz CT molecular complexity index is 372. The number of carbonyl (C=O) groups is 1. The average Bonchev–Trinajstić information content (AvgIpc) is 2.77. The van der Waals surface area contributed by atoms with E-state index in [2.05, 4.69) is 12.0 Å². The van der Waals surface area contributed by atoms with Crippen LogP contribution in [0, 0.1) is 11.8 Å². The minimum Gasteiger partial charge on any atom is -0.341 e. The van der Waals surface area contributed by atoms with Crippen molar-refractivity contribution < 1.29 is 4.79 Å². The fourth-order valence-corrected chi connectivity index (χ4v) is 1.85. The lowest BCUT2D eigenvalue weighted by Gasteiger charge is -2.15. The van der Waals surface area contributed by atoms with Crippen LogP contribution in [0.25, 0.3) is 0 Å². The highest BCUT2D eigenvalue weighted by molar-refractivity contribution is 5.81. The van der Waals surface area contributed by atoms with Gasteiger partial charge in [-0.2, -0.15) is 5.10 Å². The van der Waals surface area contributed by atoms with Crippen LogP contribution in [-0.2, 0) is 18.4 Å². The quantitative estimate of drug-likeness (QED) is 0.742. The number of hydrogen-bond acceptors (Lipinski definition) is 2. The summed E-state index contributed by atoms with van der Waals surface area (Å²) in [6, 6.07) is 0. The monoisotopic (exact) mass is 207 g/mol. The van der Waals surface area contributed by atoms with Crippen molar-refractivity contribution in [1.82, 2.24) is 14.7 Å². The van der Waals surface area contributed by atoms with Crippen LogP contribution in [0.5, 0.6) is 0 Å². The zero-order valence-corrected chi connectivity index (χ0v) is 9.47. The van der Waals surface area contributed by atoms with Crippen molar-refractivity contribution in [3.05, 3.63) is 18.0 Å². The van der Waals surface area contributed by atoms with E-state index in [1.54, 1.807) is 15.8 Å². The van der Waals surface area contributed by atoms with E-state index in [9.17, 15) is 4.79 Å². The zero-order valence-electron chi connectivity index (χ0n) is 9.47. The highest BCUT2D eigenvalue weighted by Crippen LogP contribution is 2.39. The molecular weight excluding hydrogens is 190 g/mol. The van der Waals surface area contributed by atoms with E-state index in [1.165, 1.54) is 0 Å². The van der Waals surface area contributed by atoms with E-state index in [1.807, 2.05) is 20.3 Å². The summed E-state index contributed by atoms with van der Waals surface area (Å²) in [5.74, 6) is 1.12. The van der Waals surface area contributed by atoms with E-state index in [4.69, 9.17) is 0 Å². The maximum atomic E-state index is 11.8. The maximum Gasteiger partial charge on any atom is 0.226 e. The van der Waals surface area contributed by atoms with Gasteiger partial charge in [0, 0.05) is 38.3 Å². The molecular formula is C11H17N3O. The Morgan fingerprint density at radius 2 is 2.40 bits per heavy atom. The van der Waals surface area contributed by atoms with E-state index in [0.29, 0.717) is 12.5 Å². The van der Waals surface area contributed by atoms with Crippen LogP contribution in [-0.4, -0.2) is 27.6 Å². The molecule has 1 saturated carbocycles. The third-order valence-electron chi connectivity index (χ3n) is 2.98. The number of aryl methyl sites for hydroxylation is 1. The molecule has 1 aromatic heterocycles. The SMILES string of the molecule is CC1CC1C(=O)N(C)Cc1cnn(C)c1. The normalized spacial score (nSPS) is 23.9. The number of nitrogens with zero attached hydrogens (tertiary/aromatic N) is 3. The molecule has 1 amide bonds. The standard InChI is InChI=1S/C11H17N3O/c1-8-4-10(8)11(15)13(2)6-9-5-12-14(3)7-9/h5,7-8,10H,4,6H2,1-3H3. The van der Waals surface area contributed by atoms with Crippen molar-refractivity contribution >= 4 is 5.91 Å². The summed E-state index contributed by atoms with van der Waals surface area (Å²) in [5.41, 5.74) is 1.08. The van der Waals surface area contributed by atoms with Crippen LogP contribution in [0.1, 0.15) is 18.9 Å². The van der Waals surface area contributed by atoms with Gasteiger partial charge in [0.15, 0.2) is 0 Å². The summed E-state index contributed by atoms with van der Waals surface area (Å²) in [6.45, 7) is 2.79. The Morgan fingerprint density at radius 1 is 1.73 bits per heavy atom. The van der Waals surface area contributed by atoms with Crippen LogP contribution < -0.4 is 0 Å². The molecule has 15 heavy (non-hydrogen) atoms. The Hall–Kier alpha value is -1.32. The van der Waals surface area contributed by atoms with Gasteiger partial charge in [0.25, 0.3) is 0 Å². The number of hydrogen-bond donors (Lipinski definition) is 0. The summed E-state index contributed by atoms with van der Waals surface area (Å²) in [6.07, 6.45) is 4.80. The molecule has 2 unspecified atom stereocenters. The van der Waals surface area contributed by atoms with Gasteiger partial charge in [0.2, 0.25) is 5.91 Å². The van der Waals surface area contributed by atoms with Gasteiger partial charge in [0.1, 0.15) is 0 Å². The van der Waals surface area contributed by atoms with Crippen LogP contribution in [0.2, 0.25) is 0 Å². The molecule has 1 fully saturated rings. The van der Waals surface area contributed by atoms with Crippen molar-refractivity contribution in [1.29, 1.82) is 0 Å². The molecule has 2 rings (SSSR count). The molecule has 4 nitrogen and oxygen atoms in total. The molecule has 1 aromatic rings. The first kappa shape index (κ1) is 10.2. The first-order valence-electron chi connectivity index (χ1n) is 5.30. The van der Waals surface area contributed by atoms with Crippen molar-refractivity contribution in [2.75, 3.05) is 7.05 Å². The Kier molecular flexibility index (Phi) is 2.50. The van der Waals surface area contributed by atoms with Crippen LogP contribution >= 0.6 is 0 Å². The van der Waals surface area contributed by atoms with Crippen molar-refractivity contribution in [2.24, 2.45) is 18.9 Å². The first-order chi connectivity index (χ1) is 7.08. The van der Waals surface area contributed by atoms with E-state index >= 15 is 0 Å². The van der Waals surface area contributed by atoms with Gasteiger partial charge in [-0.3, -0.25) is 9.48 Å². The summed E-state index contributed by atoms with van der Waals surface area (Å²) in [5, 5.41) is 4.08. The molecule has 1 aliphatic carbocycles. The third kappa shape index (κ3) is 2.19. The van der Waals surface area contributed by atoms with Crippen molar-refractivity contribution in [2.45, 2.75) is 19.9 Å². The molecule has 0 radical (unpaired) electrons. The number of amides is 1. The van der Waals surface area contributed by atoms with Crippen molar-refractivity contribution in [3.8, 4) is 0 Å². The molecule has 1 aliphatic rings. The van der Waals surface area contributed by atoms with E-state index in [-0.39, 0.29) is 11.8 Å². The molecule has 82 valence electrons. The average molecular weight is 207 g/mol. The smallest absolute Gasteiger partial charge is 0.226 e. The first-order valence-corrected chi connectivity index (χ1v) is 5.30. The Balaban J connectivity index is 1.92. The van der Waals surface area contributed by atoms with Gasteiger partial charge in [-0.1, -0.05) is 6.92 Å². The van der Waals surface area contributed by atoms with Gasteiger partial charge in [0.05, 0.1) is 6.20 Å². The van der Waals surface area contributed by atoms with Gasteiger partial charge in [-0.05, 0) is 12.3 Å². The van der Waals surface area contributed by atoms with Crippen molar-refractivity contribution in [3.63, 3.8) is 0 Å². The number of carbonyl (C=O) groups excluding carboxylic acids is 1. The minimum absolute atomic E-state index is 0.270. The summed E-state index contributed by atoms with van der Waals surface area (Å²) in [4.78, 5) is 13.6. The number of rotatable bonds is 3. The van der Waals surface area contributed by atoms with Gasteiger partial charge < -0.3 is 4.90 Å². The molecule has 0 bridgehead atoms. The van der Waals surface area contributed by atoms with Gasteiger partial charge in [-0.15, -0.1) is 0 Å². The lowest BCUT2D eigenvalue weighted by Crippen LogP contribution is -2.27. The molecule has 2 atom stereocenters. The molecule has 0 spiro atoms. The summed E-state index contributed by atoms with van der Waals surface area (Å²) in [7, 11) is 3.74. The number of aromatic nitrogens is 2. The maximum absolute atomic E-state index is 11.8. The zero-order chi connectivity index (χ0) is 11.0. The highest BCUT2D eigenvalue weighted by atomic mass is 16.2. The lowest BCUT2D eigenvalue weighted by atomic mass is 10.2. The molecule has 4 heteroatoms. The van der Waals surface area contributed by atoms with Crippen LogP contribution in [0.15, 0.2) is 12.4 Å². The fourth-order valence-electron chi connectivity index (χ4n) is 1.85.